The van der Waals surface area contributed by atoms with Gasteiger partial charge in [0.25, 0.3) is 15.9 Å². The van der Waals surface area contributed by atoms with Crippen molar-refractivity contribution in [2.24, 2.45) is 5.73 Å². The molecule has 0 fully saturated rings. The van der Waals surface area contributed by atoms with Crippen molar-refractivity contribution >= 4 is 39.2 Å². The van der Waals surface area contributed by atoms with E-state index >= 15 is 0 Å². The highest BCUT2D eigenvalue weighted by molar-refractivity contribution is 7.92. The zero-order valence-electron chi connectivity index (χ0n) is 15.5. The number of halogens is 1. The predicted molar refractivity (Wildman–Crippen MR) is 109 cm³/mol. The van der Waals surface area contributed by atoms with E-state index in [-0.39, 0.29) is 22.0 Å². The van der Waals surface area contributed by atoms with Crippen LogP contribution in [0.4, 0.5) is 5.69 Å². The van der Waals surface area contributed by atoms with Gasteiger partial charge in [0.1, 0.15) is 5.75 Å². The molecule has 0 bridgehead atoms. The van der Waals surface area contributed by atoms with Gasteiger partial charge in [-0.25, -0.2) is 13.2 Å². The van der Waals surface area contributed by atoms with E-state index in [0.29, 0.717) is 11.4 Å². The Hall–Kier alpha value is -3.04. The Bertz CT molecular complexity index is 1020. The van der Waals surface area contributed by atoms with E-state index < -0.39 is 28.5 Å². The molecule has 2 rings (SSSR count). The Labute approximate surface area is 173 Å². The molecule has 0 spiro atoms. The summed E-state index contributed by atoms with van der Waals surface area (Å²) in [6.07, 6.45) is 1.43. The van der Waals surface area contributed by atoms with Gasteiger partial charge in [-0.2, -0.15) is 0 Å². The van der Waals surface area contributed by atoms with Gasteiger partial charge >= 0.3 is 5.97 Å². The maximum atomic E-state index is 13.2. The summed E-state index contributed by atoms with van der Waals surface area (Å²) >= 11 is 5.99. The molecule has 0 aliphatic heterocycles. The van der Waals surface area contributed by atoms with Crippen LogP contribution in [0.1, 0.15) is 10.4 Å². The molecule has 0 atom stereocenters. The summed E-state index contributed by atoms with van der Waals surface area (Å²) < 4.78 is 37.3. The number of hydrogen-bond donors (Lipinski definition) is 1. The minimum Gasteiger partial charge on any atom is -0.497 e. The Balaban J connectivity index is 2.45. The molecule has 0 saturated carbocycles. The van der Waals surface area contributed by atoms with Crippen molar-refractivity contribution in [1.82, 2.24) is 0 Å². The van der Waals surface area contributed by atoms with Gasteiger partial charge in [-0.15, -0.1) is 6.58 Å². The second kappa shape index (κ2) is 9.44. The van der Waals surface area contributed by atoms with Crippen molar-refractivity contribution in [3.8, 4) is 5.75 Å². The van der Waals surface area contributed by atoms with Gasteiger partial charge in [0.05, 0.1) is 34.8 Å². The molecule has 154 valence electrons. The summed E-state index contributed by atoms with van der Waals surface area (Å²) in [5.41, 5.74) is 5.11. The second-order valence-electron chi connectivity index (χ2n) is 5.71. The predicted octanol–water partition coefficient (Wildman–Crippen LogP) is 2.37. The van der Waals surface area contributed by atoms with Gasteiger partial charge < -0.3 is 15.2 Å². The number of anilines is 1. The molecule has 2 N–H and O–H groups in total. The van der Waals surface area contributed by atoms with E-state index in [9.17, 15) is 18.0 Å². The fourth-order valence-corrected chi connectivity index (χ4v) is 4.03. The van der Waals surface area contributed by atoms with Crippen LogP contribution in [0.5, 0.6) is 5.75 Å². The first-order valence-corrected chi connectivity index (χ1v) is 10.0. The minimum absolute atomic E-state index is 0.0151. The Morgan fingerprint density at radius 1 is 1.21 bits per heavy atom. The lowest BCUT2D eigenvalue weighted by molar-refractivity contribution is -0.121. The number of hydrogen-bond acceptors (Lipinski definition) is 6. The number of esters is 1. The first-order chi connectivity index (χ1) is 13.7. The molecule has 0 aliphatic carbocycles. The Morgan fingerprint density at radius 3 is 2.41 bits per heavy atom. The second-order valence-corrected chi connectivity index (χ2v) is 7.98. The zero-order valence-corrected chi connectivity index (χ0v) is 17.1. The molecule has 0 unspecified atom stereocenters. The molecule has 2 aromatic rings. The van der Waals surface area contributed by atoms with Crippen LogP contribution in [-0.4, -0.2) is 40.6 Å². The van der Waals surface area contributed by atoms with Gasteiger partial charge in [-0.3, -0.25) is 9.10 Å². The molecule has 1 amide bonds. The number of carbonyl (C=O) groups excluding carboxylic acids is 2. The van der Waals surface area contributed by atoms with E-state index in [1.165, 1.54) is 25.3 Å². The number of nitrogens with two attached hydrogens (primary N) is 1. The standard InChI is InChI=1S/C19H19ClN2O6S/c1-3-10-22(13-4-6-14(27-2)7-5-13)29(25,26)15-8-9-17(20)16(11-15)19(24)28-12-18(21)23/h3-9,11H,1,10,12H2,2H3,(H2,21,23). The first kappa shape index (κ1) is 22.3. The number of rotatable bonds is 9. The Morgan fingerprint density at radius 2 is 1.86 bits per heavy atom. The van der Waals surface area contributed by atoms with E-state index in [4.69, 9.17) is 26.8 Å². The lowest BCUT2D eigenvalue weighted by Gasteiger charge is -2.23. The third-order valence-electron chi connectivity index (χ3n) is 3.75. The number of ether oxygens (including phenoxy) is 2. The Kier molecular flexibility index (Phi) is 7.24. The number of sulfonamides is 1. The molecule has 29 heavy (non-hydrogen) atoms. The summed E-state index contributed by atoms with van der Waals surface area (Å²) in [7, 11) is -2.58. The van der Waals surface area contributed by atoms with Crippen molar-refractivity contribution in [2.45, 2.75) is 4.90 Å². The van der Waals surface area contributed by atoms with Crippen LogP contribution < -0.4 is 14.8 Å². The van der Waals surface area contributed by atoms with E-state index in [1.54, 1.807) is 24.3 Å². The van der Waals surface area contributed by atoms with Gasteiger partial charge in [-0.05, 0) is 42.5 Å². The average Bonchev–Trinajstić information content (AvgIpc) is 2.70. The maximum Gasteiger partial charge on any atom is 0.340 e. The van der Waals surface area contributed by atoms with Crippen molar-refractivity contribution in [1.29, 1.82) is 0 Å². The van der Waals surface area contributed by atoms with Crippen LogP contribution in [-0.2, 0) is 19.6 Å². The lowest BCUT2D eigenvalue weighted by atomic mass is 10.2. The fraction of sp³-hybridized carbons (Fsp3) is 0.158. The summed E-state index contributed by atoms with van der Waals surface area (Å²) in [4.78, 5) is 22.7. The van der Waals surface area contributed by atoms with E-state index in [2.05, 4.69) is 6.58 Å². The largest absolute Gasteiger partial charge is 0.497 e. The van der Waals surface area contributed by atoms with Crippen molar-refractivity contribution < 1.29 is 27.5 Å². The summed E-state index contributed by atoms with van der Waals surface area (Å²) in [6, 6.07) is 10.0. The molecule has 0 aromatic heterocycles. The number of amides is 1. The van der Waals surface area contributed by atoms with Crippen molar-refractivity contribution in [3.63, 3.8) is 0 Å². The highest BCUT2D eigenvalue weighted by Gasteiger charge is 2.26. The number of primary amides is 1. The highest BCUT2D eigenvalue weighted by atomic mass is 35.5. The van der Waals surface area contributed by atoms with E-state index in [0.717, 1.165) is 10.4 Å². The summed E-state index contributed by atoms with van der Waals surface area (Å²) in [5, 5.41) is -0.0295. The average molecular weight is 439 g/mol. The molecular formula is C19H19ClN2O6S. The lowest BCUT2D eigenvalue weighted by Crippen LogP contribution is -2.31. The van der Waals surface area contributed by atoms with Crippen LogP contribution in [0.2, 0.25) is 5.02 Å². The summed E-state index contributed by atoms with van der Waals surface area (Å²) in [5.74, 6) is -1.25. The van der Waals surface area contributed by atoms with Crippen molar-refractivity contribution in [3.05, 3.63) is 65.7 Å². The zero-order chi connectivity index (χ0) is 21.6. The number of benzene rings is 2. The highest BCUT2D eigenvalue weighted by Crippen LogP contribution is 2.28. The van der Waals surface area contributed by atoms with Gasteiger partial charge in [-0.1, -0.05) is 17.7 Å². The maximum absolute atomic E-state index is 13.2. The van der Waals surface area contributed by atoms with Crippen LogP contribution in [0.15, 0.2) is 60.0 Å². The monoisotopic (exact) mass is 438 g/mol. The number of methoxy groups -OCH3 is 1. The third kappa shape index (κ3) is 5.27. The molecule has 0 saturated heterocycles. The van der Waals surface area contributed by atoms with E-state index in [1.807, 2.05) is 0 Å². The van der Waals surface area contributed by atoms with Crippen LogP contribution in [0.3, 0.4) is 0 Å². The molecule has 8 nitrogen and oxygen atoms in total. The first-order valence-electron chi connectivity index (χ1n) is 8.23. The molecule has 0 radical (unpaired) electrons. The van der Waals surface area contributed by atoms with Gasteiger partial charge in [0.15, 0.2) is 6.61 Å². The van der Waals surface area contributed by atoms with Crippen LogP contribution in [0, 0.1) is 0 Å². The van der Waals surface area contributed by atoms with Gasteiger partial charge in [0.2, 0.25) is 0 Å². The quantitative estimate of drug-likeness (QED) is 0.474. The molecule has 2 aromatic carbocycles. The third-order valence-corrected chi connectivity index (χ3v) is 5.87. The molecular weight excluding hydrogens is 420 g/mol. The van der Waals surface area contributed by atoms with Crippen molar-refractivity contribution in [2.75, 3.05) is 24.6 Å². The topological polar surface area (TPSA) is 116 Å². The molecule has 10 heteroatoms. The summed E-state index contributed by atoms with van der Waals surface area (Å²) in [6.45, 7) is 2.93. The molecule has 0 aliphatic rings. The van der Waals surface area contributed by atoms with Crippen LogP contribution >= 0.6 is 11.6 Å². The number of nitrogens with zero attached hydrogens (tertiary/aromatic N) is 1. The fourth-order valence-electron chi connectivity index (χ4n) is 2.37. The van der Waals surface area contributed by atoms with Gasteiger partial charge in [0, 0.05) is 0 Å². The smallest absolute Gasteiger partial charge is 0.340 e. The normalized spacial score (nSPS) is 10.8. The molecule has 0 heterocycles. The van der Waals surface area contributed by atoms with Crippen LogP contribution in [0.25, 0.3) is 0 Å². The SMILES string of the molecule is C=CCN(c1ccc(OC)cc1)S(=O)(=O)c1ccc(Cl)c(C(=O)OCC(N)=O)c1. The minimum atomic E-state index is -4.08. The number of carbonyl (C=O) groups is 2.